The van der Waals surface area contributed by atoms with Crippen molar-refractivity contribution in [2.24, 2.45) is 0 Å². The molecular weight excluding hydrogens is 458 g/mol. The normalized spacial score (nSPS) is 26.5. The Kier molecular flexibility index (Phi) is 9.87. The Labute approximate surface area is 207 Å². The monoisotopic (exact) mass is 471 g/mol. The fourth-order valence-electron chi connectivity index (χ4n) is 2.47. The van der Waals surface area contributed by atoms with Gasteiger partial charge in [0.25, 0.3) is 0 Å². The fourth-order valence-corrected chi connectivity index (χ4v) is 4.01. The van der Waals surface area contributed by atoms with Crippen LogP contribution in [0.1, 0.15) is 6.23 Å². The molecule has 5 N–H and O–H groups in total. The van der Waals surface area contributed by atoms with E-state index in [1.165, 1.54) is 10.9 Å². The van der Waals surface area contributed by atoms with Crippen molar-refractivity contribution in [2.75, 3.05) is 12.3 Å². The summed E-state index contributed by atoms with van der Waals surface area (Å²) in [5.41, 5.74) is 6.07. The van der Waals surface area contributed by atoms with Crippen LogP contribution in [0.25, 0.3) is 11.2 Å². The summed E-state index contributed by atoms with van der Waals surface area (Å²) in [7, 11) is -11.0. The Bertz CT molecular complexity index is 943. The van der Waals surface area contributed by atoms with Crippen LogP contribution in [0.15, 0.2) is 12.7 Å². The standard InChI is InChI=1S/C10H15N5O10P2.2Na/c11-8-5-9(13-2-12-8)15(3-14-5)10-7(17)6(16)4(24-10)1-23-27(21,22)25-26(18,19)20;;/h2-4,6-7,10,16-17H,1H2,(H,21,22)(H2,11,12,13)(H2,18,19,20);;/p-2/t4-,6-,7-,10-;;/m1../s1. The molecule has 0 aromatic carbocycles. The third kappa shape index (κ3) is 6.49. The average molecular weight is 471 g/mol. The van der Waals surface area contributed by atoms with Crippen molar-refractivity contribution in [3.8, 4) is 0 Å². The van der Waals surface area contributed by atoms with Crippen molar-refractivity contribution in [3.05, 3.63) is 12.7 Å². The van der Waals surface area contributed by atoms with Crippen LogP contribution >= 0.6 is 15.6 Å². The number of aliphatic hydroxyl groups is 2. The van der Waals surface area contributed by atoms with Gasteiger partial charge in [-0.25, -0.2) is 19.5 Å². The van der Waals surface area contributed by atoms with Crippen LogP contribution in [0.2, 0.25) is 0 Å². The summed E-state index contributed by atoms with van der Waals surface area (Å²) in [6.07, 6.45) is -3.35. The van der Waals surface area contributed by atoms with Gasteiger partial charge in [-0.15, -0.1) is 0 Å². The maximum absolute atomic E-state index is 11.4. The van der Waals surface area contributed by atoms with Crippen LogP contribution in [0.4, 0.5) is 5.82 Å². The molecule has 2 aromatic heterocycles. The molecule has 152 valence electrons. The molecule has 1 saturated heterocycles. The van der Waals surface area contributed by atoms with Gasteiger partial charge >= 0.3 is 7.82 Å². The van der Waals surface area contributed by atoms with Crippen molar-refractivity contribution < 1.29 is 47.6 Å². The first-order valence-corrected chi connectivity index (χ1v) is 10.1. The van der Waals surface area contributed by atoms with E-state index in [2.05, 4.69) is 23.8 Å². The van der Waals surface area contributed by atoms with Crippen molar-refractivity contribution >= 4 is 91.7 Å². The summed E-state index contributed by atoms with van der Waals surface area (Å²) >= 11 is 0. The molecule has 1 aliphatic heterocycles. The second-order valence-electron chi connectivity index (χ2n) is 5.42. The molecular formula is C10H13N5Na2O10P2-2. The Hall–Kier alpha value is 0.490. The van der Waals surface area contributed by atoms with E-state index in [-0.39, 0.29) is 76.1 Å². The van der Waals surface area contributed by atoms with E-state index in [0.29, 0.717) is 0 Å². The molecule has 0 bridgehead atoms. The van der Waals surface area contributed by atoms with Gasteiger partial charge in [-0.2, -0.15) is 0 Å². The van der Waals surface area contributed by atoms with E-state index in [1.54, 1.807) is 0 Å². The van der Waals surface area contributed by atoms with E-state index in [1.807, 2.05) is 0 Å². The smallest absolute Gasteiger partial charge is 0.476 e. The number of phosphoric ester groups is 1. The molecule has 3 rings (SSSR count). The first-order valence-electron chi connectivity index (χ1n) is 7.14. The molecule has 5 atom stereocenters. The number of aromatic nitrogens is 4. The number of aliphatic hydroxyl groups excluding tert-OH is 2. The number of imidazole rings is 1. The molecule has 0 saturated carbocycles. The number of nitrogens with zero attached hydrogens (tertiary/aromatic N) is 4. The van der Waals surface area contributed by atoms with Gasteiger partial charge < -0.3 is 39.9 Å². The predicted octanol–water partition coefficient (Wildman–Crippen LogP) is -3.77. The number of anilines is 1. The van der Waals surface area contributed by atoms with Crippen LogP contribution in [-0.4, -0.2) is 119 Å². The third-order valence-electron chi connectivity index (χ3n) is 3.60. The van der Waals surface area contributed by atoms with Crippen molar-refractivity contribution in [3.63, 3.8) is 0 Å². The van der Waals surface area contributed by atoms with Crippen LogP contribution < -0.4 is 15.5 Å². The second kappa shape index (κ2) is 10.4. The van der Waals surface area contributed by atoms with E-state index < -0.39 is 46.8 Å². The molecule has 0 spiro atoms. The summed E-state index contributed by atoms with van der Waals surface area (Å²) in [4.78, 5) is 41.7. The Morgan fingerprint density at radius 1 is 1.21 bits per heavy atom. The van der Waals surface area contributed by atoms with Crippen LogP contribution in [0, 0.1) is 0 Å². The number of nitrogen functional groups attached to an aromatic ring is 1. The van der Waals surface area contributed by atoms with E-state index >= 15 is 0 Å². The van der Waals surface area contributed by atoms with Gasteiger partial charge in [-0.3, -0.25) is 13.4 Å². The van der Waals surface area contributed by atoms with E-state index in [9.17, 15) is 34.0 Å². The first-order chi connectivity index (χ1) is 12.5. The molecule has 0 amide bonds. The van der Waals surface area contributed by atoms with Crippen molar-refractivity contribution in [1.82, 2.24) is 19.5 Å². The summed E-state index contributed by atoms with van der Waals surface area (Å²) in [6.45, 7) is -0.869. The zero-order valence-corrected chi connectivity index (χ0v) is 20.9. The number of phosphoric acid groups is 2. The maximum atomic E-state index is 11.4. The number of fused-ring (bicyclic) bond motifs is 1. The van der Waals surface area contributed by atoms with Gasteiger partial charge in [0, 0.05) is 59.1 Å². The zero-order chi connectivity index (χ0) is 20.0. The predicted molar refractivity (Wildman–Crippen MR) is 91.6 cm³/mol. The molecule has 0 aliphatic carbocycles. The van der Waals surface area contributed by atoms with Gasteiger partial charge in [-0.1, -0.05) is 0 Å². The van der Waals surface area contributed by atoms with Gasteiger partial charge in [-0.05, 0) is 0 Å². The molecule has 2 radical (unpaired) electrons. The second-order valence-corrected chi connectivity index (χ2v) is 8.17. The van der Waals surface area contributed by atoms with Gasteiger partial charge in [0.2, 0.25) is 0 Å². The number of hydrogen-bond donors (Lipinski definition) is 4. The minimum absolute atomic E-state index is 0. The molecule has 1 unspecified atom stereocenters. The summed E-state index contributed by atoms with van der Waals surface area (Å²) in [5, 5.41) is 20.2. The summed E-state index contributed by atoms with van der Waals surface area (Å²) in [5.74, 6) is 0.0738. The maximum Gasteiger partial charge on any atom is 0.476 e. The average Bonchev–Trinajstić information content (AvgIpc) is 3.07. The number of ether oxygens (including phenoxy) is 1. The minimum atomic E-state index is -5.79. The SMILES string of the molecule is Nc1ncnc2c1ncn2[C@@H]1O[C@H](COP(=O)(O)OP(=O)([O-])[O-])[C@@H](O)[C@H]1O.[Na].[Na]. The largest absolute Gasteiger partial charge is 0.789 e. The van der Waals surface area contributed by atoms with Crippen molar-refractivity contribution in [2.45, 2.75) is 24.5 Å². The van der Waals surface area contributed by atoms with Gasteiger partial charge in [0.1, 0.15) is 30.2 Å². The number of rotatable bonds is 6. The molecule has 29 heavy (non-hydrogen) atoms. The molecule has 1 fully saturated rings. The Morgan fingerprint density at radius 2 is 1.86 bits per heavy atom. The molecule has 15 nitrogen and oxygen atoms in total. The quantitative estimate of drug-likeness (QED) is 0.234. The van der Waals surface area contributed by atoms with Crippen molar-refractivity contribution in [1.29, 1.82) is 0 Å². The first kappa shape index (κ1) is 27.5. The topological polar surface area (TPSA) is 238 Å². The fraction of sp³-hybridized carbons (Fsp3) is 0.500. The molecule has 1 aliphatic rings. The Balaban J connectivity index is 0.00000210. The summed E-state index contributed by atoms with van der Waals surface area (Å²) < 4.78 is 36.2. The van der Waals surface area contributed by atoms with E-state index in [4.69, 9.17) is 10.5 Å². The van der Waals surface area contributed by atoms with Gasteiger partial charge in [0.15, 0.2) is 17.7 Å². The Morgan fingerprint density at radius 3 is 2.48 bits per heavy atom. The van der Waals surface area contributed by atoms with Gasteiger partial charge in [0.05, 0.1) is 20.8 Å². The minimum Gasteiger partial charge on any atom is -0.789 e. The zero-order valence-electron chi connectivity index (χ0n) is 15.1. The number of nitrogens with two attached hydrogens (primary N) is 1. The molecule has 19 heteroatoms. The molecule has 3 heterocycles. The molecule has 2 aromatic rings. The van der Waals surface area contributed by atoms with Crippen LogP contribution in [0.5, 0.6) is 0 Å². The van der Waals surface area contributed by atoms with E-state index in [0.717, 1.165) is 6.33 Å². The van der Waals surface area contributed by atoms with Crippen LogP contribution in [-0.2, 0) is 22.7 Å². The summed E-state index contributed by atoms with van der Waals surface area (Å²) in [6, 6.07) is 0. The number of hydrogen-bond acceptors (Lipinski definition) is 13. The third-order valence-corrected chi connectivity index (χ3v) is 5.70. The van der Waals surface area contributed by atoms with Crippen LogP contribution in [0.3, 0.4) is 0 Å².